The van der Waals surface area contributed by atoms with Crippen LogP contribution >= 0.6 is 0 Å². The second-order valence-corrected chi connectivity index (χ2v) is 9.43. The van der Waals surface area contributed by atoms with E-state index in [-0.39, 0.29) is 35.3 Å². The van der Waals surface area contributed by atoms with Crippen LogP contribution in [0.1, 0.15) is 60.4 Å². The molecular weight excluding hydrogens is 569 g/mol. The minimum absolute atomic E-state index is 0.0112. The average Bonchev–Trinajstić information content (AvgIpc) is 3.39. The maximum Gasteiger partial charge on any atom is 0.416 e. The first-order chi connectivity index (χ1) is 19.8. The fraction of sp³-hybridized carbons (Fsp3) is 0.333. The van der Waals surface area contributed by atoms with E-state index in [4.69, 9.17) is 5.11 Å². The van der Waals surface area contributed by atoms with Crippen molar-refractivity contribution in [3.63, 3.8) is 0 Å². The molecule has 2 atom stereocenters. The van der Waals surface area contributed by atoms with Crippen molar-refractivity contribution in [2.24, 2.45) is 0 Å². The van der Waals surface area contributed by atoms with Gasteiger partial charge in [0.2, 0.25) is 11.5 Å². The van der Waals surface area contributed by atoms with E-state index < -0.39 is 35.6 Å². The van der Waals surface area contributed by atoms with Gasteiger partial charge in [-0.2, -0.15) is 26.3 Å². The molecule has 1 aromatic heterocycles. The highest BCUT2D eigenvalue weighted by atomic mass is 19.4. The van der Waals surface area contributed by atoms with Gasteiger partial charge in [-0.3, -0.25) is 9.59 Å². The normalized spacial score (nSPS) is 18.3. The number of nitrogens with one attached hydrogen (secondary N) is 1. The number of fused-ring (bicyclic) bond motifs is 1. The zero-order chi connectivity index (χ0) is 31.2. The highest BCUT2D eigenvalue weighted by molar-refractivity contribution is 5.97. The standard InChI is InChI=1S/C19H17FN2O2.C9H6F6O.C2H6/c20-15-4-1-12(2-5-15)16-7-8-22-17(16)9-14(10-19(22)24)13-3-6-18(23)21-11-13;10-8(11,12)6-1-5(4-16)2-7(3-6)9(13,14)15;1-2/h1-6,10-11,16-17H,7-9H2,(H,21,23);1-3,16H,4H2;1-2H3. The molecule has 226 valence electrons. The van der Waals surface area contributed by atoms with Gasteiger partial charge in [0.05, 0.1) is 17.7 Å². The van der Waals surface area contributed by atoms with E-state index in [1.54, 1.807) is 18.3 Å². The number of H-pyrrole nitrogens is 1. The van der Waals surface area contributed by atoms with Crippen LogP contribution in [0.3, 0.4) is 0 Å². The Morgan fingerprint density at radius 1 is 0.905 bits per heavy atom. The third kappa shape index (κ3) is 7.87. The molecule has 2 unspecified atom stereocenters. The largest absolute Gasteiger partial charge is 0.416 e. The lowest BCUT2D eigenvalue weighted by atomic mass is 9.85. The third-order valence-electron chi connectivity index (χ3n) is 6.84. The topological polar surface area (TPSA) is 73.4 Å². The molecule has 0 radical (unpaired) electrons. The molecule has 1 fully saturated rings. The monoisotopic (exact) mass is 598 g/mol. The first-order valence-corrected chi connectivity index (χ1v) is 13.1. The van der Waals surface area contributed by atoms with Crippen molar-refractivity contribution in [3.8, 4) is 0 Å². The van der Waals surface area contributed by atoms with E-state index in [9.17, 15) is 40.3 Å². The number of aliphatic hydroxyl groups excluding tert-OH is 1. The molecule has 0 saturated carbocycles. The van der Waals surface area contributed by atoms with Gasteiger partial charge in [-0.05, 0) is 71.5 Å². The number of alkyl halides is 6. The number of pyridine rings is 1. The number of aromatic nitrogens is 1. The van der Waals surface area contributed by atoms with Crippen LogP contribution in [-0.4, -0.2) is 33.5 Å². The number of aromatic amines is 1. The Balaban J connectivity index is 0.000000235. The van der Waals surface area contributed by atoms with Gasteiger partial charge in [-0.15, -0.1) is 0 Å². The highest BCUT2D eigenvalue weighted by Gasteiger charge is 2.40. The summed E-state index contributed by atoms with van der Waals surface area (Å²) in [5, 5.41) is 8.58. The van der Waals surface area contributed by atoms with Crippen molar-refractivity contribution in [1.82, 2.24) is 9.88 Å². The molecule has 1 amide bonds. The second-order valence-electron chi connectivity index (χ2n) is 9.43. The van der Waals surface area contributed by atoms with Gasteiger partial charge in [0.25, 0.3) is 0 Å². The minimum Gasteiger partial charge on any atom is -0.392 e. The number of carbonyl (C=O) groups is 1. The van der Waals surface area contributed by atoms with Crippen LogP contribution < -0.4 is 5.56 Å². The van der Waals surface area contributed by atoms with E-state index in [2.05, 4.69) is 4.98 Å². The highest BCUT2D eigenvalue weighted by Crippen LogP contribution is 2.41. The molecule has 42 heavy (non-hydrogen) atoms. The molecule has 0 spiro atoms. The van der Waals surface area contributed by atoms with Gasteiger partial charge >= 0.3 is 12.4 Å². The van der Waals surface area contributed by atoms with Gasteiger partial charge in [0.15, 0.2) is 0 Å². The van der Waals surface area contributed by atoms with Crippen molar-refractivity contribution in [1.29, 1.82) is 0 Å². The molecule has 5 rings (SSSR count). The summed E-state index contributed by atoms with van der Waals surface area (Å²) in [4.78, 5) is 28.3. The molecule has 1 saturated heterocycles. The summed E-state index contributed by atoms with van der Waals surface area (Å²) >= 11 is 0. The van der Waals surface area contributed by atoms with Crippen molar-refractivity contribution in [2.45, 2.75) is 57.6 Å². The maximum absolute atomic E-state index is 13.2. The van der Waals surface area contributed by atoms with E-state index in [0.29, 0.717) is 12.1 Å². The molecule has 2 aliphatic heterocycles. The quantitative estimate of drug-likeness (QED) is 0.321. The predicted molar refractivity (Wildman–Crippen MR) is 143 cm³/mol. The van der Waals surface area contributed by atoms with Crippen LogP contribution in [0.15, 0.2) is 71.7 Å². The Hall–Kier alpha value is -3.93. The Kier molecular flexibility index (Phi) is 10.4. The Morgan fingerprint density at radius 3 is 2.00 bits per heavy atom. The number of nitrogens with zero attached hydrogens (tertiary/aromatic N) is 1. The fourth-order valence-electron chi connectivity index (χ4n) is 4.92. The van der Waals surface area contributed by atoms with Gasteiger partial charge in [-0.1, -0.05) is 26.0 Å². The summed E-state index contributed by atoms with van der Waals surface area (Å²) in [5.41, 5.74) is -0.564. The Labute approximate surface area is 237 Å². The van der Waals surface area contributed by atoms with Gasteiger partial charge in [-0.25, -0.2) is 4.39 Å². The van der Waals surface area contributed by atoms with E-state index >= 15 is 0 Å². The second kappa shape index (κ2) is 13.4. The van der Waals surface area contributed by atoms with Crippen LogP contribution in [-0.2, 0) is 23.8 Å². The van der Waals surface area contributed by atoms with Gasteiger partial charge < -0.3 is 15.0 Å². The minimum atomic E-state index is -4.87. The van der Waals surface area contributed by atoms with Gasteiger partial charge in [0.1, 0.15) is 5.82 Å². The lowest BCUT2D eigenvalue weighted by molar-refractivity contribution is -0.143. The summed E-state index contributed by atoms with van der Waals surface area (Å²) < 4.78 is 86.5. The molecule has 0 aliphatic carbocycles. The fourth-order valence-corrected chi connectivity index (χ4v) is 4.92. The molecule has 2 aliphatic rings. The third-order valence-corrected chi connectivity index (χ3v) is 6.84. The van der Waals surface area contributed by atoms with E-state index in [1.165, 1.54) is 18.2 Å². The summed E-state index contributed by atoms with van der Waals surface area (Å²) in [7, 11) is 0. The number of carbonyl (C=O) groups excluding carboxylic acids is 1. The summed E-state index contributed by atoms with van der Waals surface area (Å²) in [6.07, 6.45) is -4.80. The molecule has 2 N–H and O–H groups in total. The number of benzene rings is 2. The van der Waals surface area contributed by atoms with Crippen LogP contribution in [0.5, 0.6) is 0 Å². The van der Waals surface area contributed by atoms with Crippen LogP contribution in [0.4, 0.5) is 30.7 Å². The van der Waals surface area contributed by atoms with Crippen molar-refractivity contribution < 1.29 is 40.6 Å². The van der Waals surface area contributed by atoms with Crippen molar-refractivity contribution in [3.05, 3.63) is 111 Å². The zero-order valence-corrected chi connectivity index (χ0v) is 22.7. The molecule has 2 aromatic carbocycles. The van der Waals surface area contributed by atoms with E-state index in [1.807, 2.05) is 30.9 Å². The molecule has 0 bridgehead atoms. The maximum atomic E-state index is 13.2. The number of amides is 1. The number of hydrogen-bond acceptors (Lipinski definition) is 3. The lowest BCUT2D eigenvalue weighted by Gasteiger charge is -2.32. The van der Waals surface area contributed by atoms with Crippen molar-refractivity contribution in [2.75, 3.05) is 6.54 Å². The summed E-state index contributed by atoms with van der Waals surface area (Å²) in [6, 6.07) is 10.8. The Morgan fingerprint density at radius 2 is 1.50 bits per heavy atom. The number of aliphatic hydroxyl groups is 1. The molecule has 3 heterocycles. The number of hydrogen-bond donors (Lipinski definition) is 2. The molecule has 3 aromatic rings. The van der Waals surface area contributed by atoms with Gasteiger partial charge in [0, 0.05) is 36.8 Å². The van der Waals surface area contributed by atoms with Crippen LogP contribution in [0.2, 0.25) is 0 Å². The average molecular weight is 599 g/mol. The van der Waals surface area contributed by atoms with Crippen molar-refractivity contribution >= 4 is 11.5 Å². The molecular formula is C30H29F7N2O3. The number of halogens is 7. The lowest BCUT2D eigenvalue weighted by Crippen LogP contribution is -2.39. The molecule has 12 heteroatoms. The first-order valence-electron chi connectivity index (χ1n) is 13.1. The zero-order valence-electron chi connectivity index (χ0n) is 22.7. The summed E-state index contributed by atoms with van der Waals surface area (Å²) in [5.74, 6) is -0.0276. The first kappa shape index (κ1) is 32.6. The SMILES string of the molecule is CC.O=C1C=C(c2ccc(=O)[nH]c2)CC2C(c3ccc(F)cc3)CCN12.OCc1cc(C(F)(F)F)cc(C(F)(F)F)c1. The molecule has 5 nitrogen and oxygen atoms in total. The van der Waals surface area contributed by atoms with Crippen LogP contribution in [0, 0.1) is 5.82 Å². The summed E-state index contributed by atoms with van der Waals surface area (Å²) in [6.45, 7) is 3.84. The van der Waals surface area contributed by atoms with Crippen LogP contribution in [0.25, 0.3) is 5.57 Å². The predicted octanol–water partition coefficient (Wildman–Crippen LogP) is 6.93. The Bertz CT molecular complexity index is 1410. The van der Waals surface area contributed by atoms with E-state index in [0.717, 1.165) is 36.1 Å². The number of rotatable bonds is 3. The smallest absolute Gasteiger partial charge is 0.392 e.